The smallest absolute Gasteiger partial charge is 0.251 e. The topological polar surface area (TPSA) is 84.2 Å². The summed E-state index contributed by atoms with van der Waals surface area (Å²) in [6, 6.07) is 6.75. The summed E-state index contributed by atoms with van der Waals surface area (Å²) in [4.78, 5) is 24.6. The van der Waals surface area contributed by atoms with Gasteiger partial charge in [0.1, 0.15) is 6.04 Å². The molecule has 2 amide bonds. The molecule has 0 aromatic heterocycles. The second-order valence-corrected chi connectivity index (χ2v) is 6.15. The van der Waals surface area contributed by atoms with E-state index < -0.39 is 6.04 Å². The molecule has 0 aliphatic carbocycles. The molecule has 2 atom stereocenters. The molecule has 0 fully saturated rings. The van der Waals surface area contributed by atoms with Crippen molar-refractivity contribution in [1.82, 2.24) is 10.6 Å². The molecule has 0 saturated carbocycles. The van der Waals surface area contributed by atoms with Gasteiger partial charge in [0, 0.05) is 12.1 Å². The lowest BCUT2D eigenvalue weighted by atomic mass is 10.0. The molecule has 0 aliphatic heterocycles. The van der Waals surface area contributed by atoms with E-state index in [1.807, 2.05) is 39.8 Å². The monoisotopic (exact) mass is 305 g/mol. The number of rotatable bonds is 7. The van der Waals surface area contributed by atoms with Crippen molar-refractivity contribution in [2.45, 2.75) is 33.7 Å². The second-order valence-electron chi connectivity index (χ2n) is 6.15. The molecule has 0 radical (unpaired) electrons. The first kappa shape index (κ1) is 18.2. The predicted octanol–water partition coefficient (Wildman–Crippen LogP) is 1.46. The standard InChI is InChI=1S/C17H27N3O2/c1-11(2)15(17(22)19-10-13(4)9-18)20-16(21)14-7-5-6-12(3)8-14/h5-8,11,13,15H,9-10,18H2,1-4H3,(H,19,22)(H,20,21). The van der Waals surface area contributed by atoms with E-state index in [0.717, 1.165) is 5.56 Å². The summed E-state index contributed by atoms with van der Waals surface area (Å²) in [7, 11) is 0. The number of benzene rings is 1. The molecule has 0 saturated heterocycles. The minimum Gasteiger partial charge on any atom is -0.354 e. The molecule has 2 unspecified atom stereocenters. The zero-order chi connectivity index (χ0) is 16.7. The fourth-order valence-corrected chi connectivity index (χ4v) is 2.01. The number of hydrogen-bond acceptors (Lipinski definition) is 3. The van der Waals surface area contributed by atoms with Crippen LogP contribution in [0, 0.1) is 18.8 Å². The van der Waals surface area contributed by atoms with E-state index in [-0.39, 0.29) is 23.7 Å². The lowest BCUT2D eigenvalue weighted by molar-refractivity contribution is -0.124. The van der Waals surface area contributed by atoms with Gasteiger partial charge in [-0.05, 0) is 37.4 Å². The normalized spacial score (nSPS) is 13.5. The Kier molecular flexibility index (Phi) is 7.05. The number of aryl methyl sites for hydroxylation is 1. The molecule has 1 aromatic carbocycles. The highest BCUT2D eigenvalue weighted by atomic mass is 16.2. The van der Waals surface area contributed by atoms with Gasteiger partial charge < -0.3 is 16.4 Å². The van der Waals surface area contributed by atoms with Crippen molar-refractivity contribution >= 4 is 11.8 Å². The predicted molar refractivity (Wildman–Crippen MR) is 88.5 cm³/mol. The highest BCUT2D eigenvalue weighted by Gasteiger charge is 2.24. The van der Waals surface area contributed by atoms with Crippen molar-refractivity contribution in [3.8, 4) is 0 Å². The van der Waals surface area contributed by atoms with Crippen molar-refractivity contribution in [2.75, 3.05) is 13.1 Å². The fourth-order valence-electron chi connectivity index (χ4n) is 2.01. The Balaban J connectivity index is 2.71. The zero-order valence-corrected chi connectivity index (χ0v) is 13.8. The van der Waals surface area contributed by atoms with Crippen LogP contribution in [-0.4, -0.2) is 30.9 Å². The molecule has 22 heavy (non-hydrogen) atoms. The van der Waals surface area contributed by atoms with Gasteiger partial charge in [-0.2, -0.15) is 0 Å². The van der Waals surface area contributed by atoms with Crippen molar-refractivity contribution in [3.05, 3.63) is 35.4 Å². The summed E-state index contributed by atoms with van der Waals surface area (Å²) < 4.78 is 0. The average Bonchev–Trinajstić information content (AvgIpc) is 2.49. The van der Waals surface area contributed by atoms with Crippen LogP contribution in [0.3, 0.4) is 0 Å². The average molecular weight is 305 g/mol. The van der Waals surface area contributed by atoms with Crippen LogP contribution in [0.25, 0.3) is 0 Å². The number of hydrogen-bond donors (Lipinski definition) is 3. The third-order valence-electron chi connectivity index (χ3n) is 3.54. The highest BCUT2D eigenvalue weighted by Crippen LogP contribution is 2.07. The van der Waals surface area contributed by atoms with Crippen molar-refractivity contribution in [2.24, 2.45) is 17.6 Å². The quantitative estimate of drug-likeness (QED) is 0.713. The summed E-state index contributed by atoms with van der Waals surface area (Å²) in [6.45, 7) is 8.75. The molecule has 1 rings (SSSR count). The Bertz CT molecular complexity index is 514. The lowest BCUT2D eigenvalue weighted by Crippen LogP contribution is -2.50. The number of nitrogens with one attached hydrogen (secondary N) is 2. The summed E-state index contributed by atoms with van der Waals surface area (Å²) in [5.41, 5.74) is 7.12. The third kappa shape index (κ3) is 5.48. The molecule has 0 bridgehead atoms. The van der Waals surface area contributed by atoms with Crippen LogP contribution in [-0.2, 0) is 4.79 Å². The zero-order valence-electron chi connectivity index (χ0n) is 13.8. The largest absolute Gasteiger partial charge is 0.354 e. The Morgan fingerprint density at radius 3 is 2.45 bits per heavy atom. The first-order valence-corrected chi connectivity index (χ1v) is 7.70. The van der Waals surface area contributed by atoms with Gasteiger partial charge in [-0.3, -0.25) is 9.59 Å². The van der Waals surface area contributed by atoms with Gasteiger partial charge in [0.25, 0.3) is 5.91 Å². The van der Waals surface area contributed by atoms with Gasteiger partial charge in [0.2, 0.25) is 5.91 Å². The first-order chi connectivity index (χ1) is 10.3. The minimum atomic E-state index is -0.557. The summed E-state index contributed by atoms with van der Waals surface area (Å²) >= 11 is 0. The van der Waals surface area contributed by atoms with Crippen molar-refractivity contribution in [3.63, 3.8) is 0 Å². The molecule has 122 valence electrons. The van der Waals surface area contributed by atoms with E-state index in [1.165, 1.54) is 0 Å². The second kappa shape index (κ2) is 8.54. The molecule has 5 nitrogen and oxygen atoms in total. The number of nitrogens with two attached hydrogens (primary N) is 1. The van der Waals surface area contributed by atoms with E-state index in [4.69, 9.17) is 5.73 Å². The van der Waals surface area contributed by atoms with E-state index in [0.29, 0.717) is 18.7 Å². The molecule has 5 heteroatoms. The number of carbonyl (C=O) groups excluding carboxylic acids is 2. The van der Waals surface area contributed by atoms with Gasteiger partial charge in [-0.1, -0.05) is 38.5 Å². The molecule has 0 spiro atoms. The molecule has 4 N–H and O–H groups in total. The van der Waals surface area contributed by atoms with Crippen LogP contribution >= 0.6 is 0 Å². The SMILES string of the molecule is Cc1cccc(C(=O)NC(C(=O)NCC(C)CN)C(C)C)c1. The summed E-state index contributed by atoms with van der Waals surface area (Å²) in [6.07, 6.45) is 0. The van der Waals surface area contributed by atoms with Crippen LogP contribution < -0.4 is 16.4 Å². The maximum atomic E-state index is 12.3. The number of amides is 2. The van der Waals surface area contributed by atoms with E-state index >= 15 is 0 Å². The van der Waals surface area contributed by atoms with Crippen molar-refractivity contribution < 1.29 is 9.59 Å². The van der Waals surface area contributed by atoms with Gasteiger partial charge in [-0.15, -0.1) is 0 Å². The van der Waals surface area contributed by atoms with Gasteiger partial charge in [0.05, 0.1) is 0 Å². The first-order valence-electron chi connectivity index (χ1n) is 7.70. The third-order valence-corrected chi connectivity index (χ3v) is 3.54. The highest BCUT2D eigenvalue weighted by molar-refractivity contribution is 5.97. The Hall–Kier alpha value is -1.88. The summed E-state index contributed by atoms with van der Waals surface area (Å²) in [5, 5.41) is 5.67. The Labute approximate surface area is 132 Å². The number of carbonyl (C=O) groups is 2. The van der Waals surface area contributed by atoms with Crippen LogP contribution in [0.4, 0.5) is 0 Å². The Morgan fingerprint density at radius 1 is 1.23 bits per heavy atom. The molecule has 0 heterocycles. The maximum absolute atomic E-state index is 12.3. The van der Waals surface area contributed by atoms with Crippen LogP contribution in [0.2, 0.25) is 0 Å². The molecular formula is C17H27N3O2. The maximum Gasteiger partial charge on any atom is 0.251 e. The van der Waals surface area contributed by atoms with Gasteiger partial charge in [-0.25, -0.2) is 0 Å². The fraction of sp³-hybridized carbons (Fsp3) is 0.529. The molecule has 1 aromatic rings. The molecular weight excluding hydrogens is 278 g/mol. The lowest BCUT2D eigenvalue weighted by Gasteiger charge is -2.22. The minimum absolute atomic E-state index is 0.00180. The van der Waals surface area contributed by atoms with Gasteiger partial charge >= 0.3 is 0 Å². The van der Waals surface area contributed by atoms with Gasteiger partial charge in [0.15, 0.2) is 0 Å². The van der Waals surface area contributed by atoms with Crippen LogP contribution in [0.1, 0.15) is 36.7 Å². The van der Waals surface area contributed by atoms with Crippen LogP contribution in [0.5, 0.6) is 0 Å². The van der Waals surface area contributed by atoms with Crippen molar-refractivity contribution in [1.29, 1.82) is 0 Å². The van der Waals surface area contributed by atoms with E-state index in [1.54, 1.807) is 12.1 Å². The molecule has 0 aliphatic rings. The summed E-state index contributed by atoms with van der Waals surface area (Å²) in [5.74, 6) is -0.188. The van der Waals surface area contributed by atoms with Crippen LogP contribution in [0.15, 0.2) is 24.3 Å². The van der Waals surface area contributed by atoms with E-state index in [9.17, 15) is 9.59 Å². The Morgan fingerprint density at radius 2 is 1.91 bits per heavy atom. The van der Waals surface area contributed by atoms with E-state index in [2.05, 4.69) is 10.6 Å².